The van der Waals surface area contributed by atoms with E-state index in [0.717, 1.165) is 44.1 Å². The van der Waals surface area contributed by atoms with Crippen molar-refractivity contribution in [3.63, 3.8) is 0 Å². The summed E-state index contributed by atoms with van der Waals surface area (Å²) in [7, 11) is 0. The Morgan fingerprint density at radius 1 is 1.53 bits per heavy atom. The van der Waals surface area contributed by atoms with Gasteiger partial charge >= 0.3 is 0 Å². The van der Waals surface area contributed by atoms with Gasteiger partial charge in [-0.2, -0.15) is 5.10 Å². The van der Waals surface area contributed by atoms with Gasteiger partial charge in [-0.3, -0.25) is 4.79 Å². The lowest BCUT2D eigenvalue weighted by Gasteiger charge is -2.33. The maximum Gasteiger partial charge on any atom is 0.239 e. The molecule has 1 aliphatic heterocycles. The lowest BCUT2D eigenvalue weighted by atomic mass is 9.97. The quantitative estimate of drug-likeness (QED) is 0.862. The van der Waals surface area contributed by atoms with Crippen LogP contribution in [0.4, 0.5) is 0 Å². The largest absolute Gasteiger partial charge is 0.341 e. The third-order valence-electron chi connectivity index (χ3n) is 3.61. The Morgan fingerprint density at radius 3 is 2.84 bits per heavy atom. The highest BCUT2D eigenvalue weighted by molar-refractivity contribution is 5.81. The SMILES string of the molecule is Cc1nc(C)n(CC2CCCN(C(=O)[C@@H](C)N)C2)n1. The third kappa shape index (κ3) is 3.32. The van der Waals surface area contributed by atoms with Crippen molar-refractivity contribution >= 4 is 5.91 Å². The van der Waals surface area contributed by atoms with Crippen molar-refractivity contribution < 1.29 is 4.79 Å². The van der Waals surface area contributed by atoms with Crippen molar-refractivity contribution in [3.8, 4) is 0 Å². The number of nitrogens with two attached hydrogens (primary N) is 1. The molecule has 6 heteroatoms. The van der Waals surface area contributed by atoms with E-state index in [1.807, 2.05) is 23.4 Å². The monoisotopic (exact) mass is 265 g/mol. The zero-order valence-electron chi connectivity index (χ0n) is 12.0. The minimum Gasteiger partial charge on any atom is -0.341 e. The van der Waals surface area contributed by atoms with E-state index in [9.17, 15) is 4.79 Å². The molecular formula is C13H23N5O. The van der Waals surface area contributed by atoms with Crippen molar-refractivity contribution in [1.29, 1.82) is 0 Å². The number of likely N-dealkylation sites (tertiary alicyclic amines) is 1. The van der Waals surface area contributed by atoms with Crippen LogP contribution in [0.25, 0.3) is 0 Å². The lowest BCUT2D eigenvalue weighted by molar-refractivity contribution is -0.134. The summed E-state index contributed by atoms with van der Waals surface area (Å²) in [6.45, 7) is 8.04. The van der Waals surface area contributed by atoms with E-state index in [2.05, 4.69) is 10.1 Å². The summed E-state index contributed by atoms with van der Waals surface area (Å²) in [6, 6.07) is -0.408. The molecule has 0 radical (unpaired) electrons. The smallest absolute Gasteiger partial charge is 0.239 e. The van der Waals surface area contributed by atoms with Gasteiger partial charge in [-0.15, -0.1) is 0 Å². The zero-order valence-corrected chi connectivity index (χ0v) is 12.0. The lowest BCUT2D eigenvalue weighted by Crippen LogP contribution is -2.47. The van der Waals surface area contributed by atoms with Crippen LogP contribution in [0.5, 0.6) is 0 Å². The maximum absolute atomic E-state index is 11.9. The normalized spacial score (nSPS) is 21.5. The molecule has 19 heavy (non-hydrogen) atoms. The molecule has 0 aromatic carbocycles. The second-order valence-corrected chi connectivity index (χ2v) is 5.47. The molecule has 1 aromatic heterocycles. The Kier molecular flexibility index (Phi) is 4.19. The van der Waals surface area contributed by atoms with E-state index < -0.39 is 6.04 Å². The van der Waals surface area contributed by atoms with E-state index in [1.165, 1.54) is 0 Å². The number of nitrogens with zero attached hydrogens (tertiary/aromatic N) is 4. The highest BCUT2D eigenvalue weighted by Crippen LogP contribution is 2.19. The van der Waals surface area contributed by atoms with Crippen LogP contribution in [0.1, 0.15) is 31.4 Å². The van der Waals surface area contributed by atoms with Crippen LogP contribution in [0.2, 0.25) is 0 Å². The fraction of sp³-hybridized carbons (Fsp3) is 0.769. The minimum absolute atomic E-state index is 0.0520. The predicted octanol–water partition coefficient (Wildman–Crippen LogP) is 0.481. The molecule has 2 N–H and O–H groups in total. The van der Waals surface area contributed by atoms with Crippen molar-refractivity contribution in [2.75, 3.05) is 13.1 Å². The molecule has 2 atom stereocenters. The summed E-state index contributed by atoms with van der Waals surface area (Å²) in [5.41, 5.74) is 5.67. The van der Waals surface area contributed by atoms with E-state index in [1.54, 1.807) is 6.92 Å². The first kappa shape index (κ1) is 14.0. The molecule has 6 nitrogen and oxygen atoms in total. The van der Waals surface area contributed by atoms with Gasteiger partial charge in [-0.1, -0.05) is 0 Å². The summed E-state index contributed by atoms with van der Waals surface area (Å²) < 4.78 is 1.94. The van der Waals surface area contributed by atoms with Crippen LogP contribution in [-0.4, -0.2) is 44.7 Å². The highest BCUT2D eigenvalue weighted by Gasteiger charge is 2.26. The molecule has 106 valence electrons. The van der Waals surface area contributed by atoms with E-state index in [0.29, 0.717) is 5.92 Å². The van der Waals surface area contributed by atoms with Gasteiger partial charge in [0.1, 0.15) is 11.6 Å². The van der Waals surface area contributed by atoms with Gasteiger partial charge in [0.15, 0.2) is 0 Å². The van der Waals surface area contributed by atoms with Gasteiger partial charge in [-0.25, -0.2) is 9.67 Å². The second-order valence-electron chi connectivity index (χ2n) is 5.47. The number of carbonyl (C=O) groups is 1. The molecule has 1 aromatic rings. The Morgan fingerprint density at radius 2 is 2.26 bits per heavy atom. The van der Waals surface area contributed by atoms with Crippen molar-refractivity contribution in [3.05, 3.63) is 11.6 Å². The average Bonchev–Trinajstić information content (AvgIpc) is 2.67. The summed E-state index contributed by atoms with van der Waals surface area (Å²) in [6.07, 6.45) is 2.16. The van der Waals surface area contributed by atoms with Gasteiger partial charge in [0, 0.05) is 19.6 Å². The Hall–Kier alpha value is -1.43. The molecule has 1 amide bonds. The van der Waals surface area contributed by atoms with Crippen molar-refractivity contribution in [2.24, 2.45) is 11.7 Å². The third-order valence-corrected chi connectivity index (χ3v) is 3.61. The Balaban J connectivity index is 1.98. The molecule has 1 aliphatic rings. The second kappa shape index (κ2) is 5.69. The number of aryl methyl sites for hydroxylation is 2. The van der Waals surface area contributed by atoms with Crippen LogP contribution in [0.3, 0.4) is 0 Å². The fourth-order valence-corrected chi connectivity index (χ4v) is 2.68. The molecule has 1 unspecified atom stereocenters. The molecule has 2 rings (SSSR count). The van der Waals surface area contributed by atoms with Gasteiger partial charge in [-0.05, 0) is 39.5 Å². The van der Waals surface area contributed by atoms with Crippen molar-refractivity contribution in [2.45, 2.75) is 46.2 Å². The molecule has 0 bridgehead atoms. The minimum atomic E-state index is -0.408. The molecule has 2 heterocycles. The van der Waals surface area contributed by atoms with E-state index in [4.69, 9.17) is 5.73 Å². The molecular weight excluding hydrogens is 242 g/mol. The topological polar surface area (TPSA) is 77.0 Å². The van der Waals surface area contributed by atoms with Crippen LogP contribution in [-0.2, 0) is 11.3 Å². The number of rotatable bonds is 3. The Bertz CT molecular complexity index is 454. The van der Waals surface area contributed by atoms with E-state index in [-0.39, 0.29) is 5.91 Å². The summed E-state index contributed by atoms with van der Waals surface area (Å²) in [4.78, 5) is 18.1. The van der Waals surface area contributed by atoms with Crippen LogP contribution < -0.4 is 5.73 Å². The first-order valence-electron chi connectivity index (χ1n) is 6.89. The summed E-state index contributed by atoms with van der Waals surface area (Å²) in [5, 5.41) is 4.39. The van der Waals surface area contributed by atoms with Gasteiger partial charge in [0.25, 0.3) is 0 Å². The summed E-state index contributed by atoms with van der Waals surface area (Å²) in [5.74, 6) is 2.23. The first-order chi connectivity index (χ1) is 8.97. The fourth-order valence-electron chi connectivity index (χ4n) is 2.68. The van der Waals surface area contributed by atoms with Crippen LogP contribution in [0.15, 0.2) is 0 Å². The van der Waals surface area contributed by atoms with Crippen LogP contribution >= 0.6 is 0 Å². The number of amides is 1. The van der Waals surface area contributed by atoms with E-state index >= 15 is 0 Å². The van der Waals surface area contributed by atoms with Gasteiger partial charge in [0.2, 0.25) is 5.91 Å². The van der Waals surface area contributed by atoms with Crippen molar-refractivity contribution in [1.82, 2.24) is 19.7 Å². The summed E-state index contributed by atoms with van der Waals surface area (Å²) >= 11 is 0. The molecule has 1 fully saturated rings. The zero-order chi connectivity index (χ0) is 14.0. The highest BCUT2D eigenvalue weighted by atomic mass is 16.2. The number of aromatic nitrogens is 3. The Labute approximate surface area is 114 Å². The predicted molar refractivity (Wildman–Crippen MR) is 72.4 cm³/mol. The number of carbonyl (C=O) groups excluding carboxylic acids is 1. The molecule has 1 saturated heterocycles. The molecule has 0 saturated carbocycles. The van der Waals surface area contributed by atoms with Crippen LogP contribution in [0, 0.1) is 19.8 Å². The van der Waals surface area contributed by atoms with Gasteiger partial charge < -0.3 is 10.6 Å². The standard InChI is InChI=1S/C13H23N5O/c1-9(14)13(19)17-6-4-5-12(7-17)8-18-11(3)15-10(2)16-18/h9,12H,4-8,14H2,1-3H3/t9-,12?/m1/s1. The maximum atomic E-state index is 11.9. The first-order valence-corrected chi connectivity index (χ1v) is 6.89. The molecule has 0 spiro atoms. The number of hydrogen-bond acceptors (Lipinski definition) is 4. The molecule has 0 aliphatic carbocycles. The van der Waals surface area contributed by atoms with Gasteiger partial charge in [0.05, 0.1) is 6.04 Å². The average molecular weight is 265 g/mol. The number of piperidine rings is 1. The number of hydrogen-bond donors (Lipinski definition) is 1.